The summed E-state index contributed by atoms with van der Waals surface area (Å²) in [5, 5.41) is 0. The van der Waals surface area contributed by atoms with Crippen molar-refractivity contribution in [1.82, 2.24) is 4.31 Å². The number of benzene rings is 1. The smallest absolute Gasteiger partial charge is 0.247 e. The molecule has 1 saturated heterocycles. The highest BCUT2D eigenvalue weighted by molar-refractivity contribution is 7.89. The number of hydrogen-bond acceptors (Lipinski definition) is 4. The number of methoxy groups -OCH3 is 1. The van der Waals surface area contributed by atoms with E-state index in [9.17, 15) is 8.42 Å². The van der Waals surface area contributed by atoms with Gasteiger partial charge < -0.3 is 10.5 Å². The number of sulfonamides is 1. The second kappa shape index (κ2) is 6.34. The van der Waals surface area contributed by atoms with Crippen LogP contribution in [0.1, 0.15) is 38.7 Å². The van der Waals surface area contributed by atoms with E-state index in [0.717, 1.165) is 24.8 Å². The molecule has 2 atom stereocenters. The summed E-state index contributed by atoms with van der Waals surface area (Å²) < 4.78 is 33.0. The molecule has 1 aliphatic heterocycles. The van der Waals surface area contributed by atoms with Gasteiger partial charge in [-0.05, 0) is 44.4 Å². The predicted octanol–water partition coefficient (Wildman–Crippen LogP) is 2.11. The number of nitrogens with zero attached hydrogens (tertiary/aromatic N) is 1. The lowest BCUT2D eigenvalue weighted by Crippen LogP contribution is -2.47. The summed E-state index contributed by atoms with van der Waals surface area (Å²) >= 11 is 0. The first kappa shape index (κ1) is 16.3. The molecule has 2 N–H and O–H groups in total. The molecule has 0 aromatic heterocycles. The maximum atomic E-state index is 13.1. The Kier molecular flexibility index (Phi) is 4.91. The van der Waals surface area contributed by atoms with E-state index in [-0.39, 0.29) is 17.0 Å². The van der Waals surface area contributed by atoms with Crippen LogP contribution in [0.4, 0.5) is 0 Å². The van der Waals surface area contributed by atoms with Gasteiger partial charge in [0.2, 0.25) is 10.0 Å². The SMILES string of the molecule is COc1ccc(CN)cc1S(=O)(=O)N1C(C)CCCC1C. The van der Waals surface area contributed by atoms with Gasteiger partial charge in [0.05, 0.1) is 7.11 Å². The lowest BCUT2D eigenvalue weighted by atomic mass is 10.0. The Hall–Kier alpha value is -1.11. The third-order valence-electron chi connectivity index (χ3n) is 4.13. The molecule has 2 rings (SSSR count). The Balaban J connectivity index is 2.52. The zero-order valence-electron chi connectivity index (χ0n) is 12.9. The topological polar surface area (TPSA) is 72.6 Å². The summed E-state index contributed by atoms with van der Waals surface area (Å²) in [6.07, 6.45) is 2.85. The van der Waals surface area contributed by atoms with Crippen molar-refractivity contribution in [1.29, 1.82) is 0 Å². The van der Waals surface area contributed by atoms with Crippen molar-refractivity contribution in [2.24, 2.45) is 5.73 Å². The first-order valence-corrected chi connectivity index (χ1v) is 8.76. The van der Waals surface area contributed by atoms with Crippen LogP contribution < -0.4 is 10.5 Å². The molecule has 2 unspecified atom stereocenters. The highest BCUT2D eigenvalue weighted by Crippen LogP contribution is 2.34. The molecule has 1 aliphatic rings. The van der Waals surface area contributed by atoms with Gasteiger partial charge in [0.15, 0.2) is 0 Å². The van der Waals surface area contributed by atoms with E-state index in [1.54, 1.807) is 22.5 Å². The van der Waals surface area contributed by atoms with Crippen LogP contribution in [0.5, 0.6) is 5.75 Å². The van der Waals surface area contributed by atoms with E-state index in [1.165, 1.54) is 7.11 Å². The lowest BCUT2D eigenvalue weighted by molar-refractivity contribution is 0.203. The van der Waals surface area contributed by atoms with Crippen molar-refractivity contribution < 1.29 is 13.2 Å². The zero-order valence-corrected chi connectivity index (χ0v) is 13.7. The molecule has 0 radical (unpaired) electrons. The van der Waals surface area contributed by atoms with Crippen LogP contribution in [0.2, 0.25) is 0 Å². The summed E-state index contributed by atoms with van der Waals surface area (Å²) in [5.74, 6) is 0.372. The van der Waals surface area contributed by atoms with Crippen LogP contribution in [0.25, 0.3) is 0 Å². The summed E-state index contributed by atoms with van der Waals surface area (Å²) in [7, 11) is -2.10. The fourth-order valence-corrected chi connectivity index (χ4v) is 5.13. The standard InChI is InChI=1S/C15H24N2O3S/c1-11-5-4-6-12(2)17(11)21(18,19)15-9-13(10-16)7-8-14(15)20-3/h7-9,11-12H,4-6,10,16H2,1-3H3. The number of hydrogen-bond donors (Lipinski definition) is 1. The van der Waals surface area contributed by atoms with Crippen molar-refractivity contribution >= 4 is 10.0 Å². The normalized spacial score (nSPS) is 24.0. The summed E-state index contributed by atoms with van der Waals surface area (Å²) in [6.45, 7) is 4.23. The molecule has 1 aromatic rings. The van der Waals surface area contributed by atoms with E-state index in [1.807, 2.05) is 13.8 Å². The highest BCUT2D eigenvalue weighted by atomic mass is 32.2. The first-order chi connectivity index (χ1) is 9.91. The molecular weight excluding hydrogens is 288 g/mol. The average molecular weight is 312 g/mol. The second-order valence-electron chi connectivity index (χ2n) is 5.65. The first-order valence-electron chi connectivity index (χ1n) is 7.32. The van der Waals surface area contributed by atoms with Gasteiger partial charge in [0.1, 0.15) is 10.6 Å². The van der Waals surface area contributed by atoms with Gasteiger partial charge in [-0.2, -0.15) is 4.31 Å². The van der Waals surface area contributed by atoms with Crippen molar-refractivity contribution in [2.75, 3.05) is 7.11 Å². The second-order valence-corrected chi connectivity index (χ2v) is 7.46. The van der Waals surface area contributed by atoms with Crippen molar-refractivity contribution in [3.8, 4) is 5.75 Å². The summed E-state index contributed by atoms with van der Waals surface area (Å²) in [4.78, 5) is 0.216. The highest BCUT2D eigenvalue weighted by Gasteiger charge is 2.37. The minimum atomic E-state index is -3.58. The monoisotopic (exact) mass is 312 g/mol. The third-order valence-corrected chi connectivity index (χ3v) is 6.28. The molecule has 0 spiro atoms. The molecule has 118 valence electrons. The van der Waals surface area contributed by atoms with E-state index >= 15 is 0 Å². The van der Waals surface area contributed by atoms with Crippen molar-refractivity contribution in [3.63, 3.8) is 0 Å². The molecule has 1 heterocycles. The van der Waals surface area contributed by atoms with Gasteiger partial charge >= 0.3 is 0 Å². The maximum absolute atomic E-state index is 13.1. The van der Waals surface area contributed by atoms with Crippen molar-refractivity contribution in [3.05, 3.63) is 23.8 Å². The van der Waals surface area contributed by atoms with Crippen LogP contribution in [-0.2, 0) is 16.6 Å². The van der Waals surface area contributed by atoms with Crippen LogP contribution in [0.15, 0.2) is 23.1 Å². The Morgan fingerprint density at radius 1 is 1.29 bits per heavy atom. The molecule has 0 aliphatic carbocycles. The summed E-state index contributed by atoms with van der Waals surface area (Å²) in [6, 6.07) is 5.10. The summed E-state index contributed by atoms with van der Waals surface area (Å²) in [5.41, 5.74) is 6.42. The quantitative estimate of drug-likeness (QED) is 0.924. The third kappa shape index (κ3) is 3.07. The van der Waals surface area contributed by atoms with Gasteiger partial charge in [0, 0.05) is 18.6 Å². The number of piperidine rings is 1. The van der Waals surface area contributed by atoms with E-state index in [4.69, 9.17) is 10.5 Å². The predicted molar refractivity (Wildman–Crippen MR) is 82.7 cm³/mol. The molecule has 0 bridgehead atoms. The van der Waals surface area contributed by atoms with E-state index in [2.05, 4.69) is 0 Å². The van der Waals surface area contributed by atoms with Crippen LogP contribution >= 0.6 is 0 Å². The van der Waals surface area contributed by atoms with Crippen molar-refractivity contribution in [2.45, 2.75) is 56.6 Å². The van der Waals surface area contributed by atoms with Gasteiger partial charge in [-0.15, -0.1) is 0 Å². The lowest BCUT2D eigenvalue weighted by Gasteiger charge is -2.37. The number of ether oxygens (including phenoxy) is 1. The minimum Gasteiger partial charge on any atom is -0.495 e. The fourth-order valence-electron chi connectivity index (χ4n) is 3.03. The van der Waals surface area contributed by atoms with E-state index < -0.39 is 10.0 Å². The Morgan fingerprint density at radius 3 is 2.43 bits per heavy atom. The molecule has 1 aromatic carbocycles. The largest absolute Gasteiger partial charge is 0.495 e. The Labute approximate surface area is 127 Å². The zero-order chi connectivity index (χ0) is 15.6. The molecule has 0 amide bonds. The van der Waals surface area contributed by atoms with Gasteiger partial charge in [0.25, 0.3) is 0 Å². The van der Waals surface area contributed by atoms with Gasteiger partial charge in [-0.1, -0.05) is 12.5 Å². The van der Waals surface area contributed by atoms with Crippen LogP contribution in [0.3, 0.4) is 0 Å². The van der Waals surface area contributed by atoms with Crippen LogP contribution in [-0.4, -0.2) is 31.9 Å². The fraction of sp³-hybridized carbons (Fsp3) is 0.600. The molecule has 6 heteroatoms. The molecule has 21 heavy (non-hydrogen) atoms. The minimum absolute atomic E-state index is 0.00462. The molecule has 1 fully saturated rings. The molecule has 5 nitrogen and oxygen atoms in total. The Morgan fingerprint density at radius 2 is 1.90 bits per heavy atom. The maximum Gasteiger partial charge on any atom is 0.247 e. The van der Waals surface area contributed by atoms with Crippen LogP contribution in [0, 0.1) is 0 Å². The molecular formula is C15H24N2O3S. The van der Waals surface area contributed by atoms with Gasteiger partial charge in [-0.3, -0.25) is 0 Å². The number of nitrogens with two attached hydrogens (primary N) is 1. The van der Waals surface area contributed by atoms with Gasteiger partial charge in [-0.25, -0.2) is 8.42 Å². The average Bonchev–Trinajstić information content (AvgIpc) is 2.46. The number of rotatable bonds is 4. The Bertz CT molecular complexity index is 591. The molecule has 0 saturated carbocycles. The van der Waals surface area contributed by atoms with E-state index in [0.29, 0.717) is 12.3 Å².